The fourth-order valence-corrected chi connectivity index (χ4v) is 2.20. The normalized spacial score (nSPS) is 11.5. The molecule has 0 saturated carbocycles. The summed E-state index contributed by atoms with van der Waals surface area (Å²) in [5.74, 6) is -0.244. The Kier molecular flexibility index (Phi) is 6.21. The van der Waals surface area contributed by atoms with Crippen molar-refractivity contribution in [3.05, 3.63) is 64.7 Å². The molecule has 1 atom stereocenters. The highest BCUT2D eigenvalue weighted by Crippen LogP contribution is 2.18. The Labute approximate surface area is 145 Å². The molecule has 2 aromatic rings. The molecule has 0 spiro atoms. The second kappa shape index (κ2) is 8.36. The first-order chi connectivity index (χ1) is 11.5. The molecule has 0 bridgehead atoms. The summed E-state index contributed by atoms with van der Waals surface area (Å²) in [6, 6.07) is 13.4. The van der Waals surface area contributed by atoms with Crippen LogP contribution in [0.3, 0.4) is 0 Å². The van der Waals surface area contributed by atoms with E-state index in [4.69, 9.17) is 21.1 Å². The maximum absolute atomic E-state index is 11.9. The minimum atomic E-state index is -0.573. The van der Waals surface area contributed by atoms with Gasteiger partial charge in [0.2, 0.25) is 0 Å². The van der Waals surface area contributed by atoms with Crippen LogP contribution in [-0.2, 0) is 9.53 Å². The number of rotatable bonds is 6. The summed E-state index contributed by atoms with van der Waals surface area (Å²) in [4.78, 5) is 23.8. The summed E-state index contributed by atoms with van der Waals surface area (Å²) >= 11 is 5.76. The van der Waals surface area contributed by atoms with Crippen LogP contribution in [-0.4, -0.2) is 25.6 Å². The maximum Gasteiger partial charge on any atom is 0.338 e. The summed E-state index contributed by atoms with van der Waals surface area (Å²) in [7, 11) is 1.58. The van der Waals surface area contributed by atoms with E-state index in [2.05, 4.69) is 5.32 Å². The van der Waals surface area contributed by atoms with Crippen LogP contribution < -0.4 is 10.1 Å². The molecule has 0 aromatic heterocycles. The van der Waals surface area contributed by atoms with Gasteiger partial charge in [-0.1, -0.05) is 23.7 Å². The highest BCUT2D eigenvalue weighted by atomic mass is 35.5. The molecule has 0 radical (unpaired) electrons. The lowest BCUT2D eigenvalue weighted by Gasteiger charge is -2.15. The van der Waals surface area contributed by atoms with Crippen molar-refractivity contribution < 1.29 is 19.1 Å². The average Bonchev–Trinajstić information content (AvgIpc) is 2.60. The van der Waals surface area contributed by atoms with E-state index in [0.29, 0.717) is 16.3 Å². The molecule has 24 heavy (non-hydrogen) atoms. The topological polar surface area (TPSA) is 64.6 Å². The van der Waals surface area contributed by atoms with Gasteiger partial charge in [-0.05, 0) is 48.9 Å². The summed E-state index contributed by atoms with van der Waals surface area (Å²) in [5.41, 5.74) is 1.24. The number of esters is 1. The minimum Gasteiger partial charge on any atom is -0.497 e. The van der Waals surface area contributed by atoms with Crippen LogP contribution in [0.4, 0.5) is 0 Å². The van der Waals surface area contributed by atoms with Crippen molar-refractivity contribution in [2.24, 2.45) is 0 Å². The lowest BCUT2D eigenvalue weighted by Crippen LogP contribution is -2.31. The van der Waals surface area contributed by atoms with Crippen LogP contribution >= 0.6 is 11.6 Å². The zero-order chi connectivity index (χ0) is 17.5. The van der Waals surface area contributed by atoms with Gasteiger partial charge in [0, 0.05) is 5.02 Å². The third-order valence-corrected chi connectivity index (χ3v) is 3.64. The van der Waals surface area contributed by atoms with Crippen LogP contribution in [0.15, 0.2) is 48.5 Å². The molecule has 0 unspecified atom stereocenters. The Balaban J connectivity index is 1.86. The highest BCUT2D eigenvalue weighted by Gasteiger charge is 2.13. The number of ether oxygens (including phenoxy) is 2. The highest BCUT2D eigenvalue weighted by molar-refractivity contribution is 6.30. The number of hydrogen-bond acceptors (Lipinski definition) is 4. The predicted octanol–water partition coefficient (Wildman–Crippen LogP) is 3.38. The first kappa shape index (κ1) is 17.8. The Morgan fingerprint density at radius 1 is 1.17 bits per heavy atom. The Hall–Kier alpha value is -2.53. The fourth-order valence-electron chi connectivity index (χ4n) is 2.08. The second-order valence-electron chi connectivity index (χ2n) is 5.15. The van der Waals surface area contributed by atoms with Crippen molar-refractivity contribution in [3.63, 3.8) is 0 Å². The molecule has 5 nitrogen and oxygen atoms in total. The molecule has 0 saturated heterocycles. The average molecular weight is 348 g/mol. The number of methoxy groups -OCH3 is 1. The van der Waals surface area contributed by atoms with E-state index in [1.807, 2.05) is 31.2 Å². The Bertz CT molecular complexity index is 715. The molecule has 0 aliphatic heterocycles. The third-order valence-electron chi connectivity index (χ3n) is 3.39. The Morgan fingerprint density at radius 3 is 2.54 bits per heavy atom. The second-order valence-corrected chi connectivity index (χ2v) is 5.59. The fraction of sp³-hybridized carbons (Fsp3) is 0.222. The van der Waals surface area contributed by atoms with Gasteiger partial charge in [0.1, 0.15) is 5.75 Å². The van der Waals surface area contributed by atoms with E-state index in [1.54, 1.807) is 31.4 Å². The van der Waals surface area contributed by atoms with Crippen molar-refractivity contribution in [2.75, 3.05) is 13.7 Å². The van der Waals surface area contributed by atoms with E-state index in [0.717, 1.165) is 5.56 Å². The zero-order valence-electron chi connectivity index (χ0n) is 13.4. The first-order valence-electron chi connectivity index (χ1n) is 7.35. The molecule has 126 valence electrons. The van der Waals surface area contributed by atoms with Crippen LogP contribution in [0.5, 0.6) is 5.75 Å². The SMILES string of the molecule is COc1cccc([C@H](C)NC(=O)COC(=O)c2ccc(Cl)cc2)c1. The van der Waals surface area contributed by atoms with Gasteiger partial charge in [-0.2, -0.15) is 0 Å². The molecule has 2 rings (SSSR count). The molecule has 0 aliphatic carbocycles. The van der Waals surface area contributed by atoms with Crippen LogP contribution in [0.25, 0.3) is 0 Å². The lowest BCUT2D eigenvalue weighted by molar-refractivity contribution is -0.124. The lowest BCUT2D eigenvalue weighted by atomic mass is 10.1. The smallest absolute Gasteiger partial charge is 0.338 e. The summed E-state index contributed by atoms with van der Waals surface area (Å²) in [5, 5.41) is 3.30. The van der Waals surface area contributed by atoms with Crippen molar-refractivity contribution in [1.29, 1.82) is 0 Å². The van der Waals surface area contributed by atoms with Gasteiger partial charge in [0.15, 0.2) is 6.61 Å². The van der Waals surface area contributed by atoms with Gasteiger partial charge in [-0.15, -0.1) is 0 Å². The number of carbonyl (C=O) groups excluding carboxylic acids is 2. The minimum absolute atomic E-state index is 0.234. The molecule has 0 aliphatic rings. The standard InChI is InChI=1S/C18H18ClNO4/c1-12(14-4-3-5-16(10-14)23-2)20-17(21)11-24-18(22)13-6-8-15(19)9-7-13/h3-10,12H,11H2,1-2H3,(H,20,21)/t12-/m0/s1. The van der Waals surface area contributed by atoms with Gasteiger partial charge in [0.05, 0.1) is 18.7 Å². The quantitative estimate of drug-likeness (QED) is 0.813. The molecule has 6 heteroatoms. The molecule has 1 N–H and O–H groups in total. The third kappa shape index (κ3) is 4.99. The van der Waals surface area contributed by atoms with Crippen LogP contribution in [0.1, 0.15) is 28.9 Å². The number of carbonyl (C=O) groups is 2. The number of nitrogens with one attached hydrogen (secondary N) is 1. The molecular weight excluding hydrogens is 330 g/mol. The van der Waals surface area contributed by atoms with E-state index < -0.39 is 5.97 Å². The molecule has 1 amide bonds. The number of amides is 1. The number of hydrogen-bond donors (Lipinski definition) is 1. The van der Waals surface area contributed by atoms with E-state index in [-0.39, 0.29) is 18.6 Å². The van der Waals surface area contributed by atoms with E-state index in [9.17, 15) is 9.59 Å². The molecule has 0 fully saturated rings. The molecule has 0 heterocycles. The van der Waals surface area contributed by atoms with Gasteiger partial charge in [0.25, 0.3) is 5.91 Å². The van der Waals surface area contributed by atoms with Gasteiger partial charge >= 0.3 is 5.97 Å². The summed E-state index contributed by atoms with van der Waals surface area (Å²) in [6.07, 6.45) is 0. The van der Waals surface area contributed by atoms with Crippen LogP contribution in [0, 0.1) is 0 Å². The molecule has 2 aromatic carbocycles. The van der Waals surface area contributed by atoms with Crippen molar-refractivity contribution >= 4 is 23.5 Å². The van der Waals surface area contributed by atoms with Gasteiger partial charge in [-0.25, -0.2) is 4.79 Å². The monoisotopic (exact) mass is 347 g/mol. The van der Waals surface area contributed by atoms with E-state index in [1.165, 1.54) is 0 Å². The summed E-state index contributed by atoms with van der Waals surface area (Å²) in [6.45, 7) is 1.49. The predicted molar refractivity (Wildman–Crippen MR) is 91.3 cm³/mol. The van der Waals surface area contributed by atoms with Crippen molar-refractivity contribution in [1.82, 2.24) is 5.32 Å². The Morgan fingerprint density at radius 2 is 1.88 bits per heavy atom. The molecular formula is C18H18ClNO4. The van der Waals surface area contributed by atoms with Crippen LogP contribution in [0.2, 0.25) is 5.02 Å². The first-order valence-corrected chi connectivity index (χ1v) is 7.73. The van der Waals surface area contributed by atoms with Crippen molar-refractivity contribution in [3.8, 4) is 5.75 Å². The largest absolute Gasteiger partial charge is 0.497 e. The van der Waals surface area contributed by atoms with Gasteiger partial charge < -0.3 is 14.8 Å². The summed E-state index contributed by atoms with van der Waals surface area (Å²) < 4.78 is 10.1. The van der Waals surface area contributed by atoms with E-state index >= 15 is 0 Å². The number of halogens is 1. The maximum atomic E-state index is 11.9. The zero-order valence-corrected chi connectivity index (χ0v) is 14.2. The van der Waals surface area contributed by atoms with Crippen molar-refractivity contribution in [2.45, 2.75) is 13.0 Å². The number of benzene rings is 2. The van der Waals surface area contributed by atoms with Gasteiger partial charge in [-0.3, -0.25) is 4.79 Å².